The van der Waals surface area contributed by atoms with Crippen molar-refractivity contribution in [3.8, 4) is 0 Å². The lowest BCUT2D eigenvalue weighted by atomic mass is 9.69. The number of carboxylic acids is 2. The number of carboxylic acid groups (broad SMARTS) is 2. The topological polar surface area (TPSA) is 190 Å². The summed E-state index contributed by atoms with van der Waals surface area (Å²) in [6, 6.07) is 4.14. The first-order chi connectivity index (χ1) is 29.4. The van der Waals surface area contributed by atoms with Crippen LogP contribution in [-0.2, 0) is 40.7 Å². The largest absolute Gasteiger partial charge is 0.481 e. The number of halogens is 6. The van der Waals surface area contributed by atoms with Crippen molar-refractivity contribution in [2.75, 3.05) is 29.5 Å². The van der Waals surface area contributed by atoms with Crippen molar-refractivity contribution in [1.29, 1.82) is 0 Å². The van der Waals surface area contributed by atoms with Gasteiger partial charge in [-0.3, -0.25) is 18.7 Å². The fraction of sp³-hybridized carbons (Fsp3) is 0.465. The standard InChI is InChI=1S/C43H50I6N2O10S2/c1-4-5-16-27(41(54)55)43(3)33(51(22-15-24-63(59,60)61)31-26-29(45)38(47)40(49)36(31)43)18-11-8-6-7-10-17-32-42(2,20-13-9-12-19-34(52)53)35-30(25-28(44)37(46)39(35)48)50(32)21-14-23-62(56,57)58/h6-8,10-11,17-18,25-27H,4-5,9,12-16,19-24H2,1-3H3,(H3-,52,53,54,55,56,57,58,59,60,61)/p+1. The van der Waals surface area contributed by atoms with Gasteiger partial charge in [0.1, 0.15) is 6.54 Å². The molecule has 2 aromatic rings. The second kappa shape index (κ2) is 24.0. The zero-order chi connectivity index (χ0) is 47.1. The minimum atomic E-state index is -4.23. The van der Waals surface area contributed by atoms with E-state index in [0.717, 1.165) is 81.0 Å². The van der Waals surface area contributed by atoms with Crippen LogP contribution in [-0.4, -0.2) is 83.0 Å². The van der Waals surface area contributed by atoms with Crippen LogP contribution in [0.4, 0.5) is 11.4 Å². The van der Waals surface area contributed by atoms with Gasteiger partial charge in [-0.15, -0.1) is 0 Å². The number of rotatable bonds is 23. The van der Waals surface area contributed by atoms with Gasteiger partial charge in [0.25, 0.3) is 20.2 Å². The van der Waals surface area contributed by atoms with E-state index in [1.165, 1.54) is 0 Å². The van der Waals surface area contributed by atoms with Crippen molar-refractivity contribution >= 4 is 185 Å². The van der Waals surface area contributed by atoms with Crippen LogP contribution >= 0.6 is 136 Å². The number of nitrogens with zero attached hydrogens (tertiary/aromatic N) is 2. The summed E-state index contributed by atoms with van der Waals surface area (Å²) in [6.45, 7) is 6.76. The van der Waals surface area contributed by atoms with Crippen molar-refractivity contribution in [1.82, 2.24) is 0 Å². The number of anilines is 1. The van der Waals surface area contributed by atoms with E-state index in [1.807, 2.05) is 67.3 Å². The molecule has 63 heavy (non-hydrogen) atoms. The number of hydrogen-bond donors (Lipinski definition) is 4. The average Bonchev–Trinajstić information content (AvgIpc) is 3.54. The van der Waals surface area contributed by atoms with Crippen LogP contribution in [0.15, 0.2) is 60.4 Å². The Bertz CT molecular complexity index is 2470. The predicted octanol–water partition coefficient (Wildman–Crippen LogP) is 11.5. The van der Waals surface area contributed by atoms with E-state index in [-0.39, 0.29) is 31.6 Å². The number of unbranched alkanes of at least 4 members (excludes halogenated alkanes) is 3. The molecule has 0 bridgehead atoms. The van der Waals surface area contributed by atoms with Crippen LogP contribution < -0.4 is 4.90 Å². The maximum Gasteiger partial charge on any atom is 0.307 e. The summed E-state index contributed by atoms with van der Waals surface area (Å²) in [4.78, 5) is 26.4. The normalized spacial score (nSPS) is 20.2. The van der Waals surface area contributed by atoms with Gasteiger partial charge in [0.15, 0.2) is 5.71 Å². The van der Waals surface area contributed by atoms with Gasteiger partial charge in [-0.1, -0.05) is 63.0 Å². The van der Waals surface area contributed by atoms with Crippen LogP contribution in [0.5, 0.6) is 0 Å². The molecule has 346 valence electrons. The van der Waals surface area contributed by atoms with E-state index in [4.69, 9.17) is 0 Å². The van der Waals surface area contributed by atoms with Crippen LogP contribution in [0.1, 0.15) is 96.1 Å². The fourth-order valence-electron chi connectivity index (χ4n) is 8.62. The fourth-order valence-corrected chi connectivity index (χ4v) is 14.9. The van der Waals surface area contributed by atoms with Crippen molar-refractivity contribution in [3.63, 3.8) is 0 Å². The number of benzene rings is 2. The van der Waals surface area contributed by atoms with Gasteiger partial charge in [0.2, 0.25) is 5.69 Å². The van der Waals surface area contributed by atoms with Crippen molar-refractivity contribution in [2.24, 2.45) is 5.92 Å². The lowest BCUT2D eigenvalue weighted by Crippen LogP contribution is -2.40. The van der Waals surface area contributed by atoms with Crippen molar-refractivity contribution in [2.45, 2.75) is 95.8 Å². The third-order valence-corrected chi connectivity index (χ3v) is 23.4. The van der Waals surface area contributed by atoms with E-state index in [2.05, 4.69) is 153 Å². The molecule has 3 unspecified atom stereocenters. The number of aliphatic carboxylic acids is 2. The molecular weight excluding hydrogens is 1530 g/mol. The Morgan fingerprint density at radius 2 is 1.35 bits per heavy atom. The molecule has 0 saturated heterocycles. The molecule has 0 aromatic heterocycles. The third kappa shape index (κ3) is 13.8. The monoisotopic (exact) mass is 1580 g/mol. The number of allylic oxidation sites excluding steroid dienone is 8. The first-order valence-corrected chi connectivity index (χ1v) is 29.9. The molecule has 2 aromatic carbocycles. The summed E-state index contributed by atoms with van der Waals surface area (Å²) in [5.74, 6) is -3.33. The molecular formula is C43H51I6N2O10S2+. The smallest absolute Gasteiger partial charge is 0.307 e. The lowest BCUT2D eigenvalue weighted by Gasteiger charge is -2.36. The summed E-state index contributed by atoms with van der Waals surface area (Å²) < 4.78 is 74.7. The van der Waals surface area contributed by atoms with E-state index in [1.54, 1.807) is 0 Å². The third-order valence-electron chi connectivity index (χ3n) is 11.5. The first-order valence-electron chi connectivity index (χ1n) is 20.3. The molecule has 0 saturated carbocycles. The van der Waals surface area contributed by atoms with E-state index in [0.29, 0.717) is 25.8 Å². The van der Waals surface area contributed by atoms with E-state index >= 15 is 0 Å². The summed E-state index contributed by atoms with van der Waals surface area (Å²) in [6.07, 6.45) is 18.5. The second-order valence-electron chi connectivity index (χ2n) is 15.9. The van der Waals surface area contributed by atoms with Gasteiger partial charge in [0.05, 0.1) is 28.4 Å². The molecule has 2 aliphatic rings. The predicted molar refractivity (Wildman–Crippen MR) is 300 cm³/mol. The molecule has 3 atom stereocenters. The van der Waals surface area contributed by atoms with Crippen LogP contribution in [0.2, 0.25) is 0 Å². The Hall–Kier alpha value is 0.0100. The Labute approximate surface area is 453 Å². The van der Waals surface area contributed by atoms with Gasteiger partial charge in [-0.25, -0.2) is 0 Å². The second-order valence-corrected chi connectivity index (χ2v) is 25.7. The highest BCUT2D eigenvalue weighted by atomic mass is 127. The summed E-state index contributed by atoms with van der Waals surface area (Å²) in [7, 11) is -8.41. The Balaban J connectivity index is 1.80. The lowest BCUT2D eigenvalue weighted by molar-refractivity contribution is -0.437. The quantitative estimate of drug-likeness (QED) is 0.0207. The van der Waals surface area contributed by atoms with Gasteiger partial charge in [-0.05, 0) is 187 Å². The summed E-state index contributed by atoms with van der Waals surface area (Å²) in [5, 5.41) is 20.0. The van der Waals surface area contributed by atoms with Crippen LogP contribution in [0, 0.1) is 27.3 Å². The highest BCUT2D eigenvalue weighted by Crippen LogP contribution is 2.56. The van der Waals surface area contributed by atoms with Gasteiger partial charge in [-0.2, -0.15) is 21.4 Å². The Morgan fingerprint density at radius 3 is 1.95 bits per heavy atom. The molecule has 2 heterocycles. The van der Waals surface area contributed by atoms with Crippen LogP contribution in [0.3, 0.4) is 0 Å². The maximum absolute atomic E-state index is 13.2. The number of hydrogen-bond acceptors (Lipinski definition) is 7. The van der Waals surface area contributed by atoms with Gasteiger partial charge in [0, 0.05) is 75.3 Å². The zero-order valence-corrected chi connectivity index (χ0v) is 49.5. The van der Waals surface area contributed by atoms with Crippen LogP contribution in [0.25, 0.3) is 0 Å². The highest BCUT2D eigenvalue weighted by Gasteiger charge is 2.53. The van der Waals surface area contributed by atoms with E-state index < -0.39 is 54.7 Å². The highest BCUT2D eigenvalue weighted by molar-refractivity contribution is 14.1. The molecule has 0 radical (unpaired) electrons. The molecule has 0 spiro atoms. The Kier molecular flexibility index (Phi) is 21.2. The summed E-state index contributed by atoms with van der Waals surface area (Å²) >= 11 is 13.9. The average molecular weight is 1580 g/mol. The minimum Gasteiger partial charge on any atom is -0.481 e. The van der Waals surface area contributed by atoms with Gasteiger partial charge >= 0.3 is 11.9 Å². The van der Waals surface area contributed by atoms with Crippen molar-refractivity contribution in [3.05, 3.63) is 92.9 Å². The molecule has 4 rings (SSSR count). The number of fused-ring (bicyclic) bond motifs is 2. The molecule has 2 aliphatic heterocycles. The maximum atomic E-state index is 13.2. The van der Waals surface area contributed by atoms with Gasteiger partial charge < -0.3 is 15.1 Å². The molecule has 20 heteroatoms. The Morgan fingerprint density at radius 1 is 0.762 bits per heavy atom. The zero-order valence-electron chi connectivity index (χ0n) is 34.9. The SMILES string of the molecule is CCCCC(C(=O)O)C1(C)/C(=C/C=C/C=C/C=C/C2=[N+](CCCS(=O)(=O)O)c3cc(I)c(I)c(I)c3C2(C)CCCCCC(=O)O)N(CCCS(=O)(=O)O)c2cc(I)c(I)c(I)c21. The molecule has 0 fully saturated rings. The minimum absolute atomic E-state index is 0.101. The molecule has 0 amide bonds. The molecule has 0 aliphatic carbocycles. The molecule has 12 nitrogen and oxygen atoms in total. The number of carbonyl (C=O) groups is 2. The summed E-state index contributed by atoms with van der Waals surface area (Å²) in [5.41, 5.74) is 4.04. The van der Waals surface area contributed by atoms with Crippen molar-refractivity contribution < 1.29 is 50.3 Å². The first kappa shape index (κ1) is 55.6. The van der Waals surface area contributed by atoms with E-state index in [9.17, 15) is 45.7 Å². The molecule has 4 N–H and O–H groups in total.